The van der Waals surface area contributed by atoms with E-state index in [0.29, 0.717) is 10.0 Å². The van der Waals surface area contributed by atoms with Gasteiger partial charge in [-0.25, -0.2) is 18.7 Å². The van der Waals surface area contributed by atoms with Crippen LogP contribution in [0.25, 0.3) is 10.4 Å². The molecule has 0 saturated carbocycles. The number of aryl methyl sites for hydroxylation is 1. The molecule has 4 rings (SSSR count). The summed E-state index contributed by atoms with van der Waals surface area (Å²) >= 11 is 1.18. The minimum atomic E-state index is -4.69. The van der Waals surface area contributed by atoms with E-state index < -0.39 is 32.4 Å². The number of tetrazole rings is 1. The summed E-state index contributed by atoms with van der Waals surface area (Å²) in [7, 11) is -3.07. The van der Waals surface area contributed by atoms with Crippen LogP contribution >= 0.6 is 19.2 Å². The van der Waals surface area contributed by atoms with E-state index >= 15 is 0 Å². The average molecular weight is 471 g/mol. The van der Waals surface area contributed by atoms with Crippen molar-refractivity contribution in [3.05, 3.63) is 30.2 Å². The lowest BCUT2D eigenvalue weighted by atomic mass is 10.1. The molecule has 1 atom stereocenters. The van der Waals surface area contributed by atoms with Crippen LogP contribution in [0.4, 0.5) is 26.0 Å². The van der Waals surface area contributed by atoms with Crippen molar-refractivity contribution in [3.8, 4) is 10.4 Å². The number of phosphoric acid groups is 1. The number of carbonyl (C=O) groups excluding carboxylic acids is 1. The largest absolute Gasteiger partial charge is 0.469 e. The molecule has 16 heteroatoms. The summed E-state index contributed by atoms with van der Waals surface area (Å²) in [5.41, 5.74) is 0.506. The van der Waals surface area contributed by atoms with Crippen molar-refractivity contribution >= 4 is 42.0 Å². The molecule has 1 saturated heterocycles. The molecule has 1 aliphatic rings. The summed E-state index contributed by atoms with van der Waals surface area (Å²) < 4.78 is 34.9. The minimum Gasteiger partial charge on any atom is -0.441 e. The topological polar surface area (TPSA) is 165 Å². The van der Waals surface area contributed by atoms with E-state index in [1.807, 2.05) is 0 Å². The number of nitrogens with one attached hydrogen (secondary N) is 1. The van der Waals surface area contributed by atoms with Crippen molar-refractivity contribution in [2.75, 3.05) is 23.4 Å². The summed E-state index contributed by atoms with van der Waals surface area (Å²) in [5.74, 6) is -0.336. The van der Waals surface area contributed by atoms with Crippen molar-refractivity contribution < 1.29 is 32.8 Å². The second-order valence-electron chi connectivity index (χ2n) is 6.32. The number of hydrogen-bond donors (Lipinski definition) is 3. The molecule has 0 aliphatic carbocycles. The standard InChI is InChI=1S/C15H15FN7O6PS/c1-22-20-13(19-21-22)18-14-17-5-12(31-14)10-3-2-8(4-11(10)16)23-6-9(29-15(23)24)7-28-30(25,26)27/h2-5,9H,6-7H2,1H3,(H,17,18,20)(H2,25,26,27)/t9-/m1/s1. The first kappa shape index (κ1) is 21.3. The molecule has 2 aromatic heterocycles. The lowest BCUT2D eigenvalue weighted by Crippen LogP contribution is -2.25. The zero-order valence-corrected chi connectivity index (χ0v) is 17.5. The van der Waals surface area contributed by atoms with Crippen LogP contribution in [0.5, 0.6) is 0 Å². The number of carbonyl (C=O) groups is 1. The third kappa shape index (κ3) is 5.03. The van der Waals surface area contributed by atoms with Gasteiger partial charge in [-0.2, -0.15) is 4.80 Å². The number of amides is 1. The van der Waals surface area contributed by atoms with Gasteiger partial charge in [0.2, 0.25) is 0 Å². The van der Waals surface area contributed by atoms with E-state index in [9.17, 15) is 13.8 Å². The molecule has 3 N–H and O–H groups in total. The fraction of sp³-hybridized carbons (Fsp3) is 0.267. The Labute approximate surface area is 177 Å². The summed E-state index contributed by atoms with van der Waals surface area (Å²) in [5, 5.41) is 14.8. The van der Waals surface area contributed by atoms with Gasteiger partial charge < -0.3 is 14.5 Å². The highest BCUT2D eigenvalue weighted by molar-refractivity contribution is 7.46. The van der Waals surface area contributed by atoms with Crippen LogP contribution < -0.4 is 10.2 Å². The highest BCUT2D eigenvalue weighted by Gasteiger charge is 2.34. The van der Waals surface area contributed by atoms with Crippen LogP contribution in [0, 0.1) is 5.82 Å². The first-order chi connectivity index (χ1) is 14.7. The lowest BCUT2D eigenvalue weighted by molar-refractivity contribution is 0.0880. The number of thiazole rings is 1. The van der Waals surface area contributed by atoms with Crippen LogP contribution in [0.3, 0.4) is 0 Å². The van der Waals surface area contributed by atoms with E-state index in [1.54, 1.807) is 7.05 Å². The number of rotatable bonds is 7. The Bertz CT molecular complexity index is 1170. The average Bonchev–Trinajstić information content (AvgIpc) is 3.40. The molecule has 0 spiro atoms. The van der Waals surface area contributed by atoms with Crippen molar-refractivity contribution in [1.82, 2.24) is 25.2 Å². The molecule has 3 aromatic rings. The minimum absolute atomic E-state index is 0.0443. The zero-order chi connectivity index (χ0) is 22.2. The lowest BCUT2D eigenvalue weighted by Gasteiger charge is -2.14. The number of nitrogens with zero attached hydrogens (tertiary/aromatic N) is 6. The third-order valence-corrected chi connectivity index (χ3v) is 5.50. The summed E-state index contributed by atoms with van der Waals surface area (Å²) in [6.45, 7) is -0.526. The van der Waals surface area contributed by atoms with Crippen molar-refractivity contribution in [2.24, 2.45) is 7.05 Å². The second kappa shape index (κ2) is 8.28. The first-order valence-corrected chi connectivity index (χ1v) is 11.0. The number of benzene rings is 1. The Kier molecular flexibility index (Phi) is 5.68. The van der Waals surface area contributed by atoms with Gasteiger partial charge in [0.25, 0.3) is 5.95 Å². The van der Waals surface area contributed by atoms with Gasteiger partial charge in [0.15, 0.2) is 5.13 Å². The number of hydrogen-bond acceptors (Lipinski definition) is 10. The van der Waals surface area contributed by atoms with E-state index in [0.717, 1.165) is 4.90 Å². The summed E-state index contributed by atoms with van der Waals surface area (Å²) in [6, 6.07) is 4.19. The molecule has 0 radical (unpaired) electrons. The van der Waals surface area contributed by atoms with Gasteiger partial charge >= 0.3 is 13.9 Å². The fourth-order valence-electron chi connectivity index (χ4n) is 2.76. The van der Waals surface area contributed by atoms with Gasteiger partial charge in [-0.05, 0) is 23.4 Å². The van der Waals surface area contributed by atoms with Gasteiger partial charge in [-0.15, -0.1) is 5.10 Å². The molecule has 164 valence electrons. The molecule has 31 heavy (non-hydrogen) atoms. The van der Waals surface area contributed by atoms with Gasteiger partial charge in [-0.1, -0.05) is 16.4 Å². The maximum absolute atomic E-state index is 14.8. The summed E-state index contributed by atoms with van der Waals surface area (Å²) in [4.78, 5) is 36.7. The molecule has 1 aliphatic heterocycles. The monoisotopic (exact) mass is 471 g/mol. The first-order valence-electron chi connectivity index (χ1n) is 8.63. The van der Waals surface area contributed by atoms with Crippen LogP contribution in [-0.4, -0.2) is 60.3 Å². The normalized spacial score (nSPS) is 16.6. The Balaban J connectivity index is 1.46. The van der Waals surface area contributed by atoms with Crippen LogP contribution in [0.15, 0.2) is 24.4 Å². The molecule has 1 fully saturated rings. The molecule has 0 bridgehead atoms. The highest BCUT2D eigenvalue weighted by Crippen LogP contribution is 2.37. The van der Waals surface area contributed by atoms with E-state index in [4.69, 9.17) is 14.5 Å². The van der Waals surface area contributed by atoms with Gasteiger partial charge in [0.1, 0.15) is 11.9 Å². The number of halogens is 1. The maximum Gasteiger partial charge on any atom is 0.469 e. The fourth-order valence-corrected chi connectivity index (χ4v) is 3.95. The highest BCUT2D eigenvalue weighted by atomic mass is 32.1. The number of anilines is 3. The Morgan fingerprint density at radius 3 is 2.94 bits per heavy atom. The SMILES string of the molecule is Cn1nnc(Nc2ncc(-c3ccc(N4C[C@H](COP(=O)(O)O)OC4=O)cc3F)s2)n1. The van der Waals surface area contributed by atoms with Gasteiger partial charge in [0.05, 0.1) is 30.8 Å². The zero-order valence-electron chi connectivity index (χ0n) is 15.7. The number of ether oxygens (including phenoxy) is 1. The Morgan fingerprint density at radius 2 is 2.26 bits per heavy atom. The predicted molar refractivity (Wildman–Crippen MR) is 105 cm³/mol. The smallest absolute Gasteiger partial charge is 0.441 e. The van der Waals surface area contributed by atoms with Crippen LogP contribution in [0.2, 0.25) is 0 Å². The molecular formula is C15H15FN7O6PS. The van der Waals surface area contributed by atoms with Crippen molar-refractivity contribution in [2.45, 2.75) is 6.10 Å². The molecule has 0 unspecified atom stereocenters. The molecular weight excluding hydrogens is 456 g/mol. The van der Waals surface area contributed by atoms with Crippen molar-refractivity contribution in [3.63, 3.8) is 0 Å². The van der Waals surface area contributed by atoms with Gasteiger partial charge in [-0.3, -0.25) is 14.7 Å². The van der Waals surface area contributed by atoms with Crippen LogP contribution in [-0.2, 0) is 20.9 Å². The predicted octanol–water partition coefficient (Wildman–Crippen LogP) is 1.65. The number of cyclic esters (lactones) is 1. The molecule has 13 nitrogen and oxygen atoms in total. The number of phosphoric ester groups is 1. The van der Waals surface area contributed by atoms with Crippen LogP contribution in [0.1, 0.15) is 0 Å². The third-order valence-electron chi connectivity index (χ3n) is 4.07. The second-order valence-corrected chi connectivity index (χ2v) is 8.59. The Morgan fingerprint density at radius 1 is 1.45 bits per heavy atom. The van der Waals surface area contributed by atoms with Gasteiger partial charge in [0, 0.05) is 11.8 Å². The van der Waals surface area contributed by atoms with Crippen molar-refractivity contribution in [1.29, 1.82) is 0 Å². The number of aromatic nitrogens is 5. The van der Waals surface area contributed by atoms with E-state index in [1.165, 1.54) is 40.5 Å². The van der Waals surface area contributed by atoms with E-state index in [2.05, 4.69) is 30.2 Å². The maximum atomic E-state index is 14.8. The van der Waals surface area contributed by atoms with E-state index in [-0.39, 0.29) is 23.7 Å². The quantitative estimate of drug-likeness (QED) is 0.429. The molecule has 1 amide bonds. The Hall–Kier alpha value is -2.97. The molecule has 3 heterocycles. The molecule has 1 aromatic carbocycles. The summed E-state index contributed by atoms with van der Waals surface area (Å²) in [6.07, 6.45) is -0.180.